The fourth-order valence-electron chi connectivity index (χ4n) is 5.97. The molecular weight excluding hydrogens is 580 g/mol. The van der Waals surface area contributed by atoms with Gasteiger partial charge in [0.15, 0.2) is 11.6 Å². The molecule has 1 aliphatic heterocycles. The van der Waals surface area contributed by atoms with Crippen LogP contribution in [-0.2, 0) is 19.3 Å². The molecule has 0 saturated carbocycles. The Balaban J connectivity index is 1.08. The summed E-state index contributed by atoms with van der Waals surface area (Å²) in [4.78, 5) is 43.4. The van der Waals surface area contributed by atoms with Crippen molar-refractivity contribution in [2.24, 2.45) is 5.92 Å². The number of carbonyl (C=O) groups is 3. The highest BCUT2D eigenvalue weighted by atomic mass is 19.2. The summed E-state index contributed by atoms with van der Waals surface area (Å²) >= 11 is 0. The molecule has 2 amide bonds. The maximum absolute atomic E-state index is 13.7. The summed E-state index contributed by atoms with van der Waals surface area (Å²) < 4.78 is 32.5. The molecule has 1 aliphatic carbocycles. The molecule has 45 heavy (non-hydrogen) atoms. The number of aromatic nitrogens is 2. The van der Waals surface area contributed by atoms with E-state index < -0.39 is 29.4 Å². The number of halogens is 2. The topological polar surface area (TPSA) is 126 Å². The summed E-state index contributed by atoms with van der Waals surface area (Å²) in [6.45, 7) is 1.71. The van der Waals surface area contributed by atoms with Gasteiger partial charge in [0.1, 0.15) is 0 Å². The number of nitrogens with zero attached hydrogens (tertiary/aromatic N) is 2. The lowest BCUT2D eigenvalue weighted by Crippen LogP contribution is -2.41. The smallest absolute Gasteiger partial charge is 0.251 e. The van der Waals surface area contributed by atoms with Crippen LogP contribution in [0.5, 0.6) is 0 Å². The largest absolute Gasteiger partial charge is 0.349 e. The van der Waals surface area contributed by atoms with Gasteiger partial charge in [0, 0.05) is 17.2 Å². The fourth-order valence-corrected chi connectivity index (χ4v) is 5.97. The summed E-state index contributed by atoms with van der Waals surface area (Å²) in [6, 6.07) is 17.2. The number of rotatable bonds is 11. The second-order valence-electron chi connectivity index (χ2n) is 11.7. The molecule has 1 unspecified atom stereocenters. The van der Waals surface area contributed by atoms with Crippen LogP contribution in [0.15, 0.2) is 71.3 Å². The first kappa shape index (κ1) is 30.3. The molecule has 1 saturated heterocycles. The zero-order valence-electron chi connectivity index (χ0n) is 24.5. The summed E-state index contributed by atoms with van der Waals surface area (Å²) in [5, 5.41) is 12.9. The number of amides is 2. The molecule has 2 heterocycles. The van der Waals surface area contributed by atoms with Gasteiger partial charge in [-0.3, -0.25) is 14.4 Å². The minimum Gasteiger partial charge on any atom is -0.349 e. The van der Waals surface area contributed by atoms with Crippen LogP contribution in [0.25, 0.3) is 0 Å². The Labute approximate surface area is 258 Å². The number of ketones is 1. The van der Waals surface area contributed by atoms with Gasteiger partial charge in [-0.25, -0.2) is 8.78 Å². The number of benzene rings is 3. The lowest BCUT2D eigenvalue weighted by atomic mass is 9.96. The quantitative estimate of drug-likeness (QED) is 0.217. The van der Waals surface area contributed by atoms with Crippen LogP contribution in [0.3, 0.4) is 0 Å². The van der Waals surface area contributed by atoms with Gasteiger partial charge in [0.05, 0.1) is 12.5 Å². The van der Waals surface area contributed by atoms with Crippen molar-refractivity contribution in [2.45, 2.75) is 50.6 Å². The van der Waals surface area contributed by atoms with Gasteiger partial charge >= 0.3 is 0 Å². The van der Waals surface area contributed by atoms with Crippen LogP contribution in [0.4, 0.5) is 8.78 Å². The molecule has 0 bridgehead atoms. The highest BCUT2D eigenvalue weighted by Gasteiger charge is 2.29. The van der Waals surface area contributed by atoms with E-state index in [1.54, 1.807) is 24.3 Å². The monoisotopic (exact) mass is 613 g/mol. The average Bonchev–Trinajstić information content (AvgIpc) is 3.82. The van der Waals surface area contributed by atoms with Crippen molar-refractivity contribution < 1.29 is 27.7 Å². The third-order valence-corrected chi connectivity index (χ3v) is 8.48. The molecular formula is C34H33F2N5O4. The van der Waals surface area contributed by atoms with Crippen molar-refractivity contribution in [2.75, 3.05) is 13.1 Å². The lowest BCUT2D eigenvalue weighted by Gasteiger charge is -2.18. The second kappa shape index (κ2) is 13.5. The number of nitrogens with one attached hydrogen (secondary N) is 3. The molecule has 3 N–H and O–H groups in total. The number of carbonyl (C=O) groups excluding carboxylic acids is 3. The van der Waals surface area contributed by atoms with E-state index in [-0.39, 0.29) is 35.6 Å². The van der Waals surface area contributed by atoms with Gasteiger partial charge < -0.3 is 20.5 Å². The molecule has 9 nitrogen and oxygen atoms in total. The first-order chi connectivity index (χ1) is 21.8. The van der Waals surface area contributed by atoms with Crippen LogP contribution in [0.1, 0.15) is 73.2 Å². The van der Waals surface area contributed by atoms with Gasteiger partial charge in [-0.1, -0.05) is 41.6 Å². The first-order valence-electron chi connectivity index (χ1n) is 15.1. The highest BCUT2D eigenvalue weighted by Crippen LogP contribution is 2.22. The summed E-state index contributed by atoms with van der Waals surface area (Å²) in [5.41, 5.74) is 3.76. The van der Waals surface area contributed by atoms with Gasteiger partial charge in [-0.15, -0.1) is 0 Å². The van der Waals surface area contributed by atoms with E-state index in [1.807, 2.05) is 12.1 Å². The normalized spacial score (nSPS) is 16.7. The first-order valence-corrected chi connectivity index (χ1v) is 15.1. The molecule has 2 aliphatic rings. The summed E-state index contributed by atoms with van der Waals surface area (Å²) in [5.74, 6) is -3.24. The van der Waals surface area contributed by atoms with Gasteiger partial charge in [0.2, 0.25) is 17.5 Å². The van der Waals surface area contributed by atoms with Crippen LogP contribution < -0.4 is 16.0 Å². The van der Waals surface area contributed by atoms with E-state index in [1.165, 1.54) is 11.1 Å². The molecule has 1 fully saturated rings. The Hall–Kier alpha value is -4.77. The van der Waals surface area contributed by atoms with E-state index in [0.29, 0.717) is 24.3 Å². The molecule has 11 heteroatoms. The van der Waals surface area contributed by atoms with Gasteiger partial charge in [-0.05, 0) is 98.1 Å². The molecule has 3 aromatic carbocycles. The number of hydrogen-bond acceptors (Lipinski definition) is 7. The van der Waals surface area contributed by atoms with E-state index >= 15 is 0 Å². The maximum Gasteiger partial charge on any atom is 0.251 e. The van der Waals surface area contributed by atoms with Crippen molar-refractivity contribution >= 4 is 17.6 Å². The molecule has 0 spiro atoms. The van der Waals surface area contributed by atoms with Crippen LogP contribution in [0.2, 0.25) is 0 Å². The van der Waals surface area contributed by atoms with E-state index in [4.69, 9.17) is 4.52 Å². The van der Waals surface area contributed by atoms with E-state index in [9.17, 15) is 23.2 Å². The second-order valence-corrected chi connectivity index (χ2v) is 11.7. The zero-order chi connectivity index (χ0) is 31.3. The molecule has 0 radical (unpaired) electrons. The van der Waals surface area contributed by atoms with Gasteiger partial charge in [-0.2, -0.15) is 4.98 Å². The Morgan fingerprint density at radius 1 is 0.933 bits per heavy atom. The third kappa shape index (κ3) is 7.31. The van der Waals surface area contributed by atoms with Crippen molar-refractivity contribution in [1.29, 1.82) is 0 Å². The zero-order valence-corrected chi connectivity index (χ0v) is 24.5. The predicted octanol–water partition coefficient (Wildman–Crippen LogP) is 4.21. The van der Waals surface area contributed by atoms with Crippen LogP contribution >= 0.6 is 0 Å². The van der Waals surface area contributed by atoms with Crippen molar-refractivity contribution in [1.82, 2.24) is 26.1 Å². The minimum absolute atomic E-state index is 0.0595. The van der Waals surface area contributed by atoms with Gasteiger partial charge in [0.25, 0.3) is 11.8 Å². The molecule has 4 aromatic rings. The predicted molar refractivity (Wildman–Crippen MR) is 161 cm³/mol. The molecule has 2 atom stereocenters. The SMILES string of the molecule is O=C(NC1Cc2ccccc2C1)c1ccc(Cc2nc(C(=O)[C@H](CCC3CCNC3)NC(=O)c3ccc(F)c(F)c3)no2)cc1. The standard InChI is InChI=1S/C34H33F2N5O4/c35-27-11-10-25(18-28(27)36)34(44)39-29(12-7-21-13-14-37-19-21)31(42)32-40-30(45-41-32)15-20-5-8-22(9-6-20)33(43)38-26-16-23-3-1-2-4-24(23)17-26/h1-6,8-11,18,21,26,29,37H,7,12-17,19H2,(H,38,43)(H,39,44)/t21?,29-/m0/s1. The lowest BCUT2D eigenvalue weighted by molar-refractivity contribution is 0.0841. The summed E-state index contributed by atoms with van der Waals surface area (Å²) in [7, 11) is 0. The molecule has 232 valence electrons. The molecule has 1 aromatic heterocycles. The van der Waals surface area contributed by atoms with Crippen molar-refractivity contribution in [3.8, 4) is 0 Å². The van der Waals surface area contributed by atoms with Crippen LogP contribution in [0, 0.1) is 17.6 Å². The van der Waals surface area contributed by atoms with Crippen molar-refractivity contribution in [3.05, 3.63) is 118 Å². The number of Topliss-reactive ketones (excluding diaryl/α,β-unsaturated/α-hetero) is 1. The molecule has 6 rings (SSSR count). The number of hydrogen-bond donors (Lipinski definition) is 3. The Kier molecular flexibility index (Phi) is 9.06. The Morgan fingerprint density at radius 2 is 1.67 bits per heavy atom. The van der Waals surface area contributed by atoms with Crippen LogP contribution in [-0.4, -0.2) is 52.9 Å². The van der Waals surface area contributed by atoms with E-state index in [0.717, 1.165) is 56.1 Å². The highest BCUT2D eigenvalue weighted by molar-refractivity contribution is 6.02. The fraction of sp³-hybridized carbons (Fsp3) is 0.324. The number of fused-ring (bicyclic) bond motifs is 1. The minimum atomic E-state index is -1.15. The maximum atomic E-state index is 13.7. The Morgan fingerprint density at radius 3 is 2.36 bits per heavy atom. The summed E-state index contributed by atoms with van der Waals surface area (Å²) in [6.07, 6.45) is 3.80. The third-order valence-electron chi connectivity index (χ3n) is 8.48. The van der Waals surface area contributed by atoms with E-state index in [2.05, 4.69) is 38.2 Å². The van der Waals surface area contributed by atoms with Crippen molar-refractivity contribution in [3.63, 3.8) is 0 Å². The Bertz CT molecular complexity index is 1680. The average molecular weight is 614 g/mol.